The Kier molecular flexibility index (Phi) is 5.35. The maximum Gasteiger partial charge on any atom is 0.258 e. The van der Waals surface area contributed by atoms with E-state index in [1.165, 1.54) is 0 Å². The number of nitrogens with one attached hydrogen (secondary N) is 1. The van der Waals surface area contributed by atoms with Gasteiger partial charge in [0, 0.05) is 6.54 Å². The van der Waals surface area contributed by atoms with Crippen molar-refractivity contribution in [3.8, 4) is 5.75 Å². The van der Waals surface area contributed by atoms with E-state index in [9.17, 15) is 4.79 Å². The Morgan fingerprint density at radius 2 is 1.95 bits per heavy atom. The first-order chi connectivity index (χ1) is 10.2. The number of rotatable bonds is 6. The topological polar surface area (TPSA) is 64.3 Å². The molecule has 0 aliphatic rings. The third-order valence-electron chi connectivity index (χ3n) is 3.18. The van der Waals surface area contributed by atoms with Gasteiger partial charge < -0.3 is 15.8 Å². The second kappa shape index (κ2) is 7.45. The van der Waals surface area contributed by atoms with E-state index in [0.717, 1.165) is 11.1 Å². The predicted octanol–water partition coefficient (Wildman–Crippen LogP) is 2.40. The number of ether oxygens (including phenoxy) is 1. The van der Waals surface area contributed by atoms with Crippen molar-refractivity contribution in [1.82, 2.24) is 5.32 Å². The number of benzene rings is 2. The fourth-order valence-corrected chi connectivity index (χ4v) is 2.02. The minimum absolute atomic E-state index is 0.00873. The van der Waals surface area contributed by atoms with E-state index in [4.69, 9.17) is 10.5 Å². The van der Waals surface area contributed by atoms with Gasteiger partial charge in [-0.05, 0) is 30.2 Å². The van der Waals surface area contributed by atoms with Crippen LogP contribution in [0.5, 0.6) is 5.75 Å². The lowest BCUT2D eigenvalue weighted by molar-refractivity contribution is -0.123. The summed E-state index contributed by atoms with van der Waals surface area (Å²) in [5.74, 6) is 0.505. The molecular weight excluding hydrogens is 264 g/mol. The first kappa shape index (κ1) is 15.1. The van der Waals surface area contributed by atoms with Gasteiger partial charge in [-0.1, -0.05) is 42.5 Å². The molecule has 2 aromatic carbocycles. The van der Waals surface area contributed by atoms with E-state index in [1.54, 1.807) is 0 Å². The van der Waals surface area contributed by atoms with Crippen molar-refractivity contribution < 1.29 is 9.53 Å². The smallest absolute Gasteiger partial charge is 0.258 e. The van der Waals surface area contributed by atoms with E-state index >= 15 is 0 Å². The van der Waals surface area contributed by atoms with Crippen LogP contribution < -0.4 is 15.8 Å². The quantitative estimate of drug-likeness (QED) is 0.856. The monoisotopic (exact) mass is 284 g/mol. The Morgan fingerprint density at radius 3 is 2.67 bits per heavy atom. The number of hydrogen-bond donors (Lipinski definition) is 2. The molecule has 4 nitrogen and oxygen atoms in total. The van der Waals surface area contributed by atoms with Crippen LogP contribution in [0.3, 0.4) is 0 Å². The van der Waals surface area contributed by atoms with E-state index in [0.29, 0.717) is 12.3 Å². The average Bonchev–Trinajstić information content (AvgIpc) is 2.54. The summed E-state index contributed by atoms with van der Waals surface area (Å²) in [6.45, 7) is 2.39. The fourth-order valence-electron chi connectivity index (χ4n) is 2.02. The molecule has 0 bridgehead atoms. The van der Waals surface area contributed by atoms with Gasteiger partial charge in [-0.2, -0.15) is 0 Å². The van der Waals surface area contributed by atoms with Gasteiger partial charge >= 0.3 is 0 Å². The van der Waals surface area contributed by atoms with Crippen LogP contribution in [0, 0.1) is 0 Å². The molecule has 0 aromatic heterocycles. The summed E-state index contributed by atoms with van der Waals surface area (Å²) < 4.78 is 5.48. The highest BCUT2D eigenvalue weighted by Gasteiger charge is 2.09. The molecule has 0 fully saturated rings. The van der Waals surface area contributed by atoms with Crippen molar-refractivity contribution in [2.45, 2.75) is 19.5 Å². The third kappa shape index (κ3) is 4.61. The van der Waals surface area contributed by atoms with Crippen LogP contribution in [0.1, 0.15) is 24.1 Å². The van der Waals surface area contributed by atoms with Crippen LogP contribution in [0.25, 0.3) is 0 Å². The Morgan fingerprint density at radius 1 is 1.19 bits per heavy atom. The van der Waals surface area contributed by atoms with E-state index in [-0.39, 0.29) is 18.6 Å². The molecule has 1 atom stereocenters. The normalized spacial score (nSPS) is 11.7. The number of carbonyl (C=O) groups is 1. The summed E-state index contributed by atoms with van der Waals surface area (Å²) in [7, 11) is 0. The van der Waals surface area contributed by atoms with Crippen LogP contribution in [-0.4, -0.2) is 12.5 Å². The number of amides is 1. The summed E-state index contributed by atoms with van der Waals surface area (Å²) in [6, 6.07) is 17.2. The average molecular weight is 284 g/mol. The van der Waals surface area contributed by atoms with Crippen LogP contribution in [0.4, 0.5) is 0 Å². The van der Waals surface area contributed by atoms with Gasteiger partial charge in [0.25, 0.3) is 5.91 Å². The van der Waals surface area contributed by atoms with Gasteiger partial charge in [0.15, 0.2) is 6.61 Å². The number of nitrogens with two attached hydrogens (primary N) is 1. The Balaban J connectivity index is 1.84. The summed E-state index contributed by atoms with van der Waals surface area (Å²) in [5.41, 5.74) is 7.61. The Bertz CT molecular complexity index is 584. The van der Waals surface area contributed by atoms with Crippen molar-refractivity contribution in [2.75, 3.05) is 6.61 Å². The maximum atomic E-state index is 11.9. The molecule has 0 saturated carbocycles. The lowest BCUT2D eigenvalue weighted by Gasteiger charge is -2.14. The zero-order chi connectivity index (χ0) is 15.1. The molecule has 0 spiro atoms. The molecule has 0 heterocycles. The summed E-state index contributed by atoms with van der Waals surface area (Å²) in [4.78, 5) is 11.9. The summed E-state index contributed by atoms with van der Waals surface area (Å²) >= 11 is 0. The molecule has 21 heavy (non-hydrogen) atoms. The van der Waals surface area contributed by atoms with Crippen molar-refractivity contribution in [1.29, 1.82) is 0 Å². The lowest BCUT2D eigenvalue weighted by atomic mass is 10.1. The molecule has 2 rings (SSSR count). The van der Waals surface area contributed by atoms with Gasteiger partial charge in [-0.25, -0.2) is 0 Å². The van der Waals surface area contributed by atoms with Gasteiger partial charge in [0.05, 0.1) is 6.04 Å². The van der Waals surface area contributed by atoms with Gasteiger partial charge in [-0.3, -0.25) is 4.79 Å². The molecule has 1 unspecified atom stereocenters. The zero-order valence-electron chi connectivity index (χ0n) is 12.1. The highest BCUT2D eigenvalue weighted by Crippen LogP contribution is 2.13. The molecular formula is C17H20N2O2. The molecule has 110 valence electrons. The second-order valence-electron chi connectivity index (χ2n) is 4.84. The zero-order valence-corrected chi connectivity index (χ0v) is 12.1. The van der Waals surface area contributed by atoms with Crippen molar-refractivity contribution in [3.05, 3.63) is 65.7 Å². The number of hydrogen-bond acceptors (Lipinski definition) is 3. The van der Waals surface area contributed by atoms with Crippen LogP contribution >= 0.6 is 0 Å². The Hall–Kier alpha value is -2.33. The molecule has 0 saturated heterocycles. The summed E-state index contributed by atoms with van der Waals surface area (Å²) in [6.07, 6.45) is 0. The van der Waals surface area contributed by atoms with E-state index in [2.05, 4.69) is 5.32 Å². The minimum Gasteiger partial charge on any atom is -0.484 e. The fraction of sp³-hybridized carbons (Fsp3) is 0.235. The van der Waals surface area contributed by atoms with Gasteiger partial charge in [-0.15, -0.1) is 0 Å². The molecule has 4 heteroatoms. The van der Waals surface area contributed by atoms with E-state index < -0.39 is 0 Å². The lowest BCUT2D eigenvalue weighted by Crippen LogP contribution is -2.31. The number of carbonyl (C=O) groups excluding carboxylic acids is 1. The van der Waals surface area contributed by atoms with Crippen LogP contribution in [0.15, 0.2) is 54.6 Å². The molecule has 1 amide bonds. The first-order valence-corrected chi connectivity index (χ1v) is 6.95. The second-order valence-corrected chi connectivity index (χ2v) is 4.84. The highest BCUT2D eigenvalue weighted by atomic mass is 16.5. The molecule has 2 aromatic rings. The SMILES string of the molecule is CC(NC(=O)COc1cccc(CN)c1)c1ccccc1. The largest absolute Gasteiger partial charge is 0.484 e. The van der Waals surface area contributed by atoms with Crippen molar-refractivity contribution in [2.24, 2.45) is 5.73 Å². The van der Waals surface area contributed by atoms with E-state index in [1.807, 2.05) is 61.5 Å². The van der Waals surface area contributed by atoms with Crippen LogP contribution in [-0.2, 0) is 11.3 Å². The highest BCUT2D eigenvalue weighted by molar-refractivity contribution is 5.78. The first-order valence-electron chi connectivity index (χ1n) is 6.95. The standard InChI is InChI=1S/C17H20N2O2/c1-13(15-7-3-2-4-8-15)19-17(20)12-21-16-9-5-6-14(10-16)11-18/h2-10,13H,11-12,18H2,1H3,(H,19,20). The van der Waals surface area contributed by atoms with Crippen LogP contribution in [0.2, 0.25) is 0 Å². The van der Waals surface area contributed by atoms with Crippen molar-refractivity contribution >= 4 is 5.91 Å². The third-order valence-corrected chi connectivity index (χ3v) is 3.18. The predicted molar refractivity (Wildman–Crippen MR) is 82.8 cm³/mol. The molecule has 3 N–H and O–H groups in total. The molecule has 0 radical (unpaired) electrons. The van der Waals surface area contributed by atoms with Crippen molar-refractivity contribution in [3.63, 3.8) is 0 Å². The molecule has 0 aliphatic heterocycles. The van der Waals surface area contributed by atoms with Gasteiger partial charge in [0.2, 0.25) is 0 Å². The minimum atomic E-state index is -0.149. The van der Waals surface area contributed by atoms with Gasteiger partial charge in [0.1, 0.15) is 5.75 Å². The maximum absolute atomic E-state index is 11.9. The Labute approximate surface area is 124 Å². The summed E-state index contributed by atoms with van der Waals surface area (Å²) in [5, 5.41) is 2.91. The molecule has 0 aliphatic carbocycles.